The fourth-order valence-electron chi connectivity index (χ4n) is 3.70. The van der Waals surface area contributed by atoms with Crippen LogP contribution < -0.4 is 25.6 Å². The van der Waals surface area contributed by atoms with E-state index >= 15 is 0 Å². The molecule has 3 aromatic carbocycles. The van der Waals surface area contributed by atoms with Crippen LogP contribution in [0.2, 0.25) is 5.02 Å². The van der Waals surface area contributed by atoms with Crippen molar-refractivity contribution < 1.29 is 13.9 Å². The van der Waals surface area contributed by atoms with E-state index in [1.807, 2.05) is 18.2 Å². The van der Waals surface area contributed by atoms with Gasteiger partial charge >= 0.3 is 6.03 Å². The highest BCUT2D eigenvalue weighted by Gasteiger charge is 2.13. The van der Waals surface area contributed by atoms with Crippen LogP contribution in [0.4, 0.5) is 26.4 Å². The van der Waals surface area contributed by atoms with Crippen LogP contribution in [0.15, 0.2) is 66.9 Å². The quantitative estimate of drug-likeness (QED) is 0.351. The zero-order valence-electron chi connectivity index (χ0n) is 18.6. The zero-order chi connectivity index (χ0) is 24.2. The molecule has 3 N–H and O–H groups in total. The Labute approximate surface area is 206 Å². The molecule has 8 nitrogen and oxygen atoms in total. The molecule has 0 atom stereocenters. The average molecular weight is 493 g/mol. The second-order valence-electron chi connectivity index (χ2n) is 7.95. The third kappa shape index (κ3) is 5.59. The molecule has 0 bridgehead atoms. The van der Waals surface area contributed by atoms with Crippen molar-refractivity contribution >= 4 is 45.9 Å². The molecule has 1 aliphatic heterocycles. The Bertz CT molecular complexity index is 1360. The van der Waals surface area contributed by atoms with Crippen molar-refractivity contribution in [2.24, 2.45) is 0 Å². The van der Waals surface area contributed by atoms with Crippen LogP contribution in [0.3, 0.4) is 0 Å². The minimum absolute atomic E-state index is 0.0657. The number of nitrogens with zero attached hydrogens (tertiary/aromatic N) is 3. The van der Waals surface area contributed by atoms with Gasteiger partial charge in [-0.1, -0.05) is 11.6 Å². The maximum Gasteiger partial charge on any atom is 0.323 e. The molecule has 1 fully saturated rings. The van der Waals surface area contributed by atoms with Crippen LogP contribution in [-0.4, -0.2) is 42.2 Å². The molecule has 1 aliphatic rings. The number of hydrogen-bond donors (Lipinski definition) is 3. The van der Waals surface area contributed by atoms with E-state index in [1.165, 1.54) is 18.2 Å². The van der Waals surface area contributed by atoms with Gasteiger partial charge in [-0.05, 0) is 54.6 Å². The smallest absolute Gasteiger partial charge is 0.323 e. The maximum absolute atomic E-state index is 13.3. The first kappa shape index (κ1) is 22.8. The molecule has 2 heterocycles. The number of aromatic nitrogens is 2. The number of carbonyl (C=O) groups is 1. The van der Waals surface area contributed by atoms with Crippen molar-refractivity contribution in [2.45, 2.75) is 0 Å². The molecule has 10 heteroatoms. The fourth-order valence-corrected chi connectivity index (χ4v) is 3.88. The van der Waals surface area contributed by atoms with E-state index in [2.05, 4.69) is 25.8 Å². The van der Waals surface area contributed by atoms with E-state index in [4.69, 9.17) is 21.3 Å². The summed E-state index contributed by atoms with van der Waals surface area (Å²) in [5.41, 5.74) is 2.50. The minimum Gasteiger partial charge on any atom is -0.457 e. The molecule has 0 aliphatic carbocycles. The number of anilines is 3. The maximum atomic E-state index is 13.3. The molecule has 35 heavy (non-hydrogen) atoms. The highest BCUT2D eigenvalue weighted by Crippen LogP contribution is 2.27. The van der Waals surface area contributed by atoms with Gasteiger partial charge in [-0.2, -0.15) is 0 Å². The predicted octanol–water partition coefficient (Wildman–Crippen LogP) is 5.27. The Morgan fingerprint density at radius 1 is 0.943 bits per heavy atom. The van der Waals surface area contributed by atoms with E-state index < -0.39 is 11.8 Å². The van der Waals surface area contributed by atoms with Gasteiger partial charge in [-0.15, -0.1) is 0 Å². The number of piperazine rings is 1. The van der Waals surface area contributed by atoms with Gasteiger partial charge in [0.2, 0.25) is 0 Å². The van der Waals surface area contributed by atoms with Crippen molar-refractivity contribution in [1.29, 1.82) is 0 Å². The van der Waals surface area contributed by atoms with E-state index in [1.54, 1.807) is 30.5 Å². The number of halogens is 2. The van der Waals surface area contributed by atoms with Crippen LogP contribution in [0, 0.1) is 5.82 Å². The Kier molecular flexibility index (Phi) is 6.60. The molecule has 2 amide bonds. The topological polar surface area (TPSA) is 91.4 Å². The largest absolute Gasteiger partial charge is 0.457 e. The molecule has 1 saturated heterocycles. The highest BCUT2D eigenvalue weighted by atomic mass is 35.5. The van der Waals surface area contributed by atoms with E-state index in [9.17, 15) is 9.18 Å². The van der Waals surface area contributed by atoms with E-state index in [-0.39, 0.29) is 5.02 Å². The lowest BCUT2D eigenvalue weighted by Crippen LogP contribution is -2.43. The number of ether oxygens (including phenoxy) is 1. The van der Waals surface area contributed by atoms with Crippen molar-refractivity contribution in [1.82, 2.24) is 15.3 Å². The van der Waals surface area contributed by atoms with Crippen molar-refractivity contribution in [3.8, 4) is 11.5 Å². The summed E-state index contributed by atoms with van der Waals surface area (Å²) in [5, 5.41) is 8.58. The summed E-state index contributed by atoms with van der Waals surface area (Å²) in [4.78, 5) is 23.7. The number of hydrogen-bond acceptors (Lipinski definition) is 6. The van der Waals surface area contributed by atoms with Crippen LogP contribution in [-0.2, 0) is 0 Å². The summed E-state index contributed by atoms with van der Waals surface area (Å²) in [5.74, 6) is 1.54. The number of nitrogens with one attached hydrogen (secondary N) is 3. The molecule has 0 saturated carbocycles. The number of benzene rings is 3. The average Bonchev–Trinajstić information content (AvgIpc) is 2.87. The Morgan fingerprint density at radius 2 is 1.66 bits per heavy atom. The van der Waals surface area contributed by atoms with E-state index in [0.29, 0.717) is 22.9 Å². The monoisotopic (exact) mass is 492 g/mol. The zero-order valence-corrected chi connectivity index (χ0v) is 19.3. The van der Waals surface area contributed by atoms with Crippen molar-refractivity contribution in [3.05, 3.63) is 77.7 Å². The Balaban J connectivity index is 1.23. The summed E-state index contributed by atoms with van der Waals surface area (Å²) >= 11 is 5.74. The van der Waals surface area contributed by atoms with Gasteiger partial charge in [0.15, 0.2) is 0 Å². The molecule has 1 aromatic heterocycles. The van der Waals surface area contributed by atoms with Crippen molar-refractivity contribution in [3.63, 3.8) is 0 Å². The summed E-state index contributed by atoms with van der Waals surface area (Å²) < 4.78 is 19.2. The van der Waals surface area contributed by atoms with Crippen LogP contribution >= 0.6 is 11.6 Å². The van der Waals surface area contributed by atoms with Gasteiger partial charge in [-0.3, -0.25) is 4.98 Å². The number of rotatable bonds is 5. The number of urea groups is 1. The molecule has 178 valence electrons. The molecule has 5 rings (SSSR count). The third-order valence-electron chi connectivity index (χ3n) is 5.47. The lowest BCUT2D eigenvalue weighted by Gasteiger charge is -2.28. The molecular weight excluding hydrogens is 471 g/mol. The molecule has 4 aromatic rings. The van der Waals surface area contributed by atoms with Gasteiger partial charge in [0.05, 0.1) is 22.3 Å². The van der Waals surface area contributed by atoms with Gasteiger partial charge in [0.25, 0.3) is 0 Å². The lowest BCUT2D eigenvalue weighted by atomic mass is 10.2. The number of carbonyl (C=O) groups excluding carboxylic acids is 1. The fraction of sp³-hybridized carbons (Fsp3) is 0.160. The van der Waals surface area contributed by atoms with Crippen molar-refractivity contribution in [2.75, 3.05) is 41.7 Å². The Morgan fingerprint density at radius 3 is 2.43 bits per heavy atom. The molecule has 0 spiro atoms. The second-order valence-corrected chi connectivity index (χ2v) is 8.36. The summed E-state index contributed by atoms with van der Waals surface area (Å²) in [7, 11) is 0. The number of amides is 2. The lowest BCUT2D eigenvalue weighted by molar-refractivity contribution is 0.262. The molecule has 0 radical (unpaired) electrons. The summed E-state index contributed by atoms with van der Waals surface area (Å²) in [6, 6.07) is 16.0. The van der Waals surface area contributed by atoms with Gasteiger partial charge in [0, 0.05) is 43.6 Å². The normalized spacial score (nSPS) is 13.5. The first-order chi connectivity index (χ1) is 17.0. The summed E-state index contributed by atoms with van der Waals surface area (Å²) in [6.45, 7) is 3.64. The first-order valence-electron chi connectivity index (χ1n) is 11.1. The first-order valence-corrected chi connectivity index (χ1v) is 11.4. The van der Waals surface area contributed by atoms with Gasteiger partial charge < -0.3 is 25.6 Å². The van der Waals surface area contributed by atoms with Gasteiger partial charge in [-0.25, -0.2) is 14.2 Å². The van der Waals surface area contributed by atoms with Crippen LogP contribution in [0.5, 0.6) is 11.5 Å². The Hall–Kier alpha value is -3.95. The second kappa shape index (κ2) is 10.1. The third-order valence-corrected chi connectivity index (χ3v) is 5.76. The molecule has 0 unspecified atom stereocenters. The van der Waals surface area contributed by atoms with Crippen LogP contribution in [0.1, 0.15) is 0 Å². The highest BCUT2D eigenvalue weighted by molar-refractivity contribution is 6.31. The number of fused-ring (bicyclic) bond motifs is 1. The van der Waals surface area contributed by atoms with E-state index in [0.717, 1.165) is 43.0 Å². The standard InChI is InChI=1S/C25H22ClFN6O2/c26-20-13-17(3-7-21(20)27)31-25(34)30-16-1-4-18(5-2-16)35-19-6-8-22-23(14-19)32-24(15-29-22)33-11-9-28-10-12-33/h1-8,13-15,28H,9-12H2,(H2,30,31,34). The SMILES string of the molecule is O=C(Nc1ccc(Oc2ccc3ncc(N4CCNCC4)nc3c2)cc1)Nc1ccc(F)c(Cl)c1. The molecular formula is C25H22ClFN6O2. The van der Waals surface area contributed by atoms with Gasteiger partial charge in [0.1, 0.15) is 23.1 Å². The predicted molar refractivity (Wildman–Crippen MR) is 135 cm³/mol. The minimum atomic E-state index is -0.549. The summed E-state index contributed by atoms with van der Waals surface area (Å²) in [6.07, 6.45) is 1.81. The van der Waals surface area contributed by atoms with Crippen LogP contribution in [0.25, 0.3) is 11.0 Å².